The molecule has 4 aliphatic carbocycles. The molecule has 15 atom stereocenters. The lowest BCUT2D eigenvalue weighted by Crippen LogP contribution is -2.66. The van der Waals surface area contributed by atoms with E-state index in [1.165, 1.54) is 12.8 Å². The fourth-order valence-corrected chi connectivity index (χ4v) is 11.9. The standard InChI is InChI=1S/C38H62O9/c1-22(11-10-16-33(2,3)44-9)23-14-17-36(7)25-15-18-38-26(37(25,32(43-8)47-38)20-19-35(23,36)6)12-13-27(34(38,4)5)46-31-30(42)29(41)28(40)24(21-39)45-31/h10,15-16,18,22-32,39-42H,11-14,17,19-21H2,1-9H3/b16-10+/t22-,23-,24-,25+,26?,27+,28-,29-,30-,31+,32-,35-,36+,37+,38-/m1/s1. The third kappa shape index (κ3) is 4.95. The van der Waals surface area contributed by atoms with Crippen molar-refractivity contribution < 1.29 is 44.1 Å². The number of rotatable bonds is 9. The van der Waals surface area contributed by atoms with Gasteiger partial charge in [0, 0.05) is 31.0 Å². The predicted molar refractivity (Wildman–Crippen MR) is 177 cm³/mol. The summed E-state index contributed by atoms with van der Waals surface area (Å²) >= 11 is 0. The summed E-state index contributed by atoms with van der Waals surface area (Å²) in [6.45, 7) is 15.6. The Hall–Kier alpha value is -0.880. The Labute approximate surface area is 282 Å². The maximum atomic E-state index is 10.8. The topological polar surface area (TPSA) is 127 Å². The van der Waals surface area contributed by atoms with Gasteiger partial charge in [0.1, 0.15) is 30.0 Å². The molecule has 5 fully saturated rings. The lowest BCUT2D eigenvalue weighted by molar-refractivity contribution is -0.331. The highest BCUT2D eigenvalue weighted by molar-refractivity contribution is 5.34. The van der Waals surface area contributed by atoms with Crippen LogP contribution < -0.4 is 0 Å². The Morgan fingerprint density at radius 2 is 1.68 bits per heavy atom. The molecular weight excluding hydrogens is 600 g/mol. The molecule has 6 aliphatic rings. The SMILES string of the molecule is CO[C@@H]1O[C@]23C=C[C@@H]4[C@@]1(CC[C@]1(C)[C@@H]([C@H](C)C/C=C/C(C)(C)OC)CC[C@@]41C)C2CC[C@H](O[C@@H]1O[C@H](CO)[C@@H](O)[C@@H](O)[C@H]1O)C3(C)C. The fourth-order valence-electron chi connectivity index (χ4n) is 11.9. The maximum Gasteiger partial charge on any atom is 0.186 e. The van der Waals surface area contributed by atoms with Crippen LogP contribution in [0.1, 0.15) is 93.4 Å². The molecule has 2 aliphatic heterocycles. The van der Waals surface area contributed by atoms with Crippen molar-refractivity contribution in [1.29, 1.82) is 0 Å². The van der Waals surface area contributed by atoms with Crippen LogP contribution in [0.2, 0.25) is 0 Å². The second kappa shape index (κ2) is 12.1. The number of fused-ring (bicyclic) bond motifs is 2. The predicted octanol–water partition coefficient (Wildman–Crippen LogP) is 4.75. The zero-order chi connectivity index (χ0) is 34.4. The van der Waals surface area contributed by atoms with Crippen LogP contribution in [0.5, 0.6) is 0 Å². The van der Waals surface area contributed by atoms with Crippen LogP contribution in [-0.2, 0) is 23.7 Å². The summed E-state index contributed by atoms with van der Waals surface area (Å²) in [4.78, 5) is 0. The van der Waals surface area contributed by atoms with Crippen molar-refractivity contribution in [2.45, 2.75) is 148 Å². The molecule has 6 rings (SSSR count). The number of aliphatic hydroxyl groups excluding tert-OH is 4. The number of aliphatic hydroxyl groups is 4. The summed E-state index contributed by atoms with van der Waals surface area (Å²) in [5.41, 5.74) is -1.31. The van der Waals surface area contributed by atoms with Crippen molar-refractivity contribution >= 4 is 0 Å². The van der Waals surface area contributed by atoms with Crippen LogP contribution in [-0.4, -0.2) is 95.6 Å². The average Bonchev–Trinajstić information content (AvgIpc) is 3.41. The second-order valence-electron chi connectivity index (χ2n) is 17.5. The normalized spacial score (nSPS) is 51.1. The Morgan fingerprint density at radius 3 is 2.34 bits per heavy atom. The third-order valence-electron chi connectivity index (χ3n) is 15.0. The van der Waals surface area contributed by atoms with Crippen LogP contribution in [0.25, 0.3) is 0 Å². The van der Waals surface area contributed by atoms with Crippen molar-refractivity contribution in [3.63, 3.8) is 0 Å². The molecule has 268 valence electrons. The van der Waals surface area contributed by atoms with Crippen molar-refractivity contribution in [3.8, 4) is 0 Å². The fraction of sp³-hybridized carbons (Fsp3) is 0.895. The molecule has 4 N–H and O–H groups in total. The summed E-state index contributed by atoms with van der Waals surface area (Å²) in [6, 6.07) is 0. The Kier molecular flexibility index (Phi) is 9.27. The minimum Gasteiger partial charge on any atom is -0.394 e. The first-order valence-electron chi connectivity index (χ1n) is 18.1. The smallest absolute Gasteiger partial charge is 0.186 e. The Balaban J connectivity index is 1.29. The maximum absolute atomic E-state index is 10.8. The van der Waals surface area contributed by atoms with E-state index >= 15 is 0 Å². The van der Waals surface area contributed by atoms with Crippen LogP contribution in [0, 0.1) is 45.3 Å². The monoisotopic (exact) mass is 662 g/mol. The zero-order valence-electron chi connectivity index (χ0n) is 30.1. The largest absolute Gasteiger partial charge is 0.394 e. The van der Waals surface area contributed by atoms with E-state index in [-0.39, 0.29) is 40.2 Å². The Morgan fingerprint density at radius 1 is 0.957 bits per heavy atom. The average molecular weight is 663 g/mol. The molecule has 47 heavy (non-hydrogen) atoms. The van der Waals surface area contributed by atoms with Gasteiger partial charge in [0.05, 0.1) is 18.3 Å². The van der Waals surface area contributed by atoms with Gasteiger partial charge in [-0.3, -0.25) is 0 Å². The van der Waals surface area contributed by atoms with Crippen LogP contribution >= 0.6 is 0 Å². The number of ether oxygens (including phenoxy) is 5. The van der Waals surface area contributed by atoms with E-state index in [0.717, 1.165) is 32.1 Å². The van der Waals surface area contributed by atoms with E-state index in [1.807, 2.05) is 0 Å². The summed E-state index contributed by atoms with van der Waals surface area (Å²) in [6.07, 6.45) is 9.34. The summed E-state index contributed by atoms with van der Waals surface area (Å²) in [5, 5.41) is 41.3. The molecule has 0 aromatic rings. The first-order chi connectivity index (χ1) is 22.0. The highest BCUT2D eigenvalue weighted by Gasteiger charge is 2.78. The number of hydrogen-bond acceptors (Lipinski definition) is 9. The second-order valence-corrected chi connectivity index (χ2v) is 17.5. The number of methoxy groups -OCH3 is 2. The molecule has 9 heteroatoms. The summed E-state index contributed by atoms with van der Waals surface area (Å²) in [7, 11) is 3.56. The third-order valence-corrected chi connectivity index (χ3v) is 15.0. The van der Waals surface area contributed by atoms with Gasteiger partial charge in [-0.1, -0.05) is 58.9 Å². The lowest BCUT2D eigenvalue weighted by atomic mass is 9.38. The molecule has 1 spiro atoms. The van der Waals surface area contributed by atoms with Crippen molar-refractivity contribution in [3.05, 3.63) is 24.3 Å². The first kappa shape index (κ1) is 35.9. The minimum absolute atomic E-state index is 0.0979. The first-order valence-corrected chi connectivity index (χ1v) is 18.1. The highest BCUT2D eigenvalue weighted by atomic mass is 16.7. The molecular formula is C38H62O9. The highest BCUT2D eigenvalue weighted by Crippen LogP contribution is 2.79. The van der Waals surface area contributed by atoms with E-state index in [1.54, 1.807) is 14.2 Å². The van der Waals surface area contributed by atoms with Gasteiger partial charge >= 0.3 is 0 Å². The molecule has 2 heterocycles. The van der Waals surface area contributed by atoms with E-state index in [9.17, 15) is 20.4 Å². The van der Waals surface area contributed by atoms with Gasteiger partial charge in [-0.05, 0) is 87.4 Å². The van der Waals surface area contributed by atoms with Crippen LogP contribution in [0.15, 0.2) is 24.3 Å². The van der Waals surface area contributed by atoms with Crippen molar-refractivity contribution in [2.24, 2.45) is 45.3 Å². The summed E-state index contributed by atoms with van der Waals surface area (Å²) in [5.74, 6) is 1.75. The molecule has 0 aromatic heterocycles. The molecule has 9 nitrogen and oxygen atoms in total. The Bertz CT molecular complexity index is 1220. The molecule has 0 radical (unpaired) electrons. The molecule has 3 saturated carbocycles. The van der Waals surface area contributed by atoms with Crippen LogP contribution in [0.4, 0.5) is 0 Å². The van der Waals surface area contributed by atoms with E-state index in [4.69, 9.17) is 23.7 Å². The number of hydrogen-bond donors (Lipinski definition) is 4. The molecule has 0 aromatic carbocycles. The van der Waals surface area contributed by atoms with Crippen LogP contribution in [0.3, 0.4) is 0 Å². The van der Waals surface area contributed by atoms with Gasteiger partial charge in [-0.15, -0.1) is 0 Å². The molecule has 2 bridgehead atoms. The van der Waals surface area contributed by atoms with Gasteiger partial charge in [0.15, 0.2) is 12.6 Å². The van der Waals surface area contributed by atoms with E-state index < -0.39 is 48.3 Å². The number of allylic oxidation sites excluding steroid dienone is 2. The van der Waals surface area contributed by atoms with Gasteiger partial charge in [-0.2, -0.15) is 0 Å². The molecule has 2 saturated heterocycles. The van der Waals surface area contributed by atoms with Gasteiger partial charge < -0.3 is 44.1 Å². The van der Waals surface area contributed by atoms with Gasteiger partial charge in [0.2, 0.25) is 0 Å². The van der Waals surface area contributed by atoms with Crippen molar-refractivity contribution in [2.75, 3.05) is 20.8 Å². The van der Waals surface area contributed by atoms with E-state index in [2.05, 4.69) is 72.8 Å². The lowest BCUT2D eigenvalue weighted by Gasteiger charge is -2.65. The quantitative estimate of drug-likeness (QED) is 0.259. The zero-order valence-corrected chi connectivity index (χ0v) is 30.1. The van der Waals surface area contributed by atoms with Crippen molar-refractivity contribution in [1.82, 2.24) is 0 Å². The summed E-state index contributed by atoms with van der Waals surface area (Å²) < 4.78 is 31.4. The van der Waals surface area contributed by atoms with Gasteiger partial charge in [0.25, 0.3) is 0 Å². The molecule has 1 unspecified atom stereocenters. The molecule has 0 amide bonds. The minimum atomic E-state index is -1.48. The van der Waals surface area contributed by atoms with Gasteiger partial charge in [-0.25, -0.2) is 0 Å². The van der Waals surface area contributed by atoms with E-state index in [0.29, 0.717) is 17.8 Å².